The molecule has 1 aromatic rings. The number of rotatable bonds is 3. The van der Waals surface area contributed by atoms with E-state index >= 15 is 0 Å². The predicted molar refractivity (Wildman–Crippen MR) is 85.3 cm³/mol. The van der Waals surface area contributed by atoms with E-state index in [1.165, 1.54) is 32.1 Å². The second-order valence-electron chi connectivity index (χ2n) is 6.38. The first-order valence-corrected chi connectivity index (χ1v) is 8.14. The van der Waals surface area contributed by atoms with Gasteiger partial charge in [0.05, 0.1) is 7.11 Å². The Balaban J connectivity index is 1.72. The zero-order valence-corrected chi connectivity index (χ0v) is 12.8. The average molecular weight is 284 g/mol. The van der Waals surface area contributed by atoms with Crippen LogP contribution in [0, 0.1) is 11.8 Å². The molecule has 2 aliphatic carbocycles. The lowest BCUT2D eigenvalue weighted by Crippen LogP contribution is -2.23. The molecule has 0 heterocycles. The monoisotopic (exact) mass is 284 g/mol. The SMILES string of the molecule is COc1ccccc1C=C1CCC(C2CCCC2)CC1=O. The fourth-order valence-corrected chi connectivity index (χ4v) is 3.91. The van der Waals surface area contributed by atoms with Gasteiger partial charge in [-0.2, -0.15) is 0 Å². The number of carbonyl (C=O) groups excluding carboxylic acids is 1. The molecular formula is C19H24O2. The molecule has 2 saturated carbocycles. The van der Waals surface area contributed by atoms with Crippen LogP contribution in [0.25, 0.3) is 6.08 Å². The number of ketones is 1. The van der Waals surface area contributed by atoms with E-state index < -0.39 is 0 Å². The number of ether oxygens (including phenoxy) is 1. The van der Waals surface area contributed by atoms with Crippen molar-refractivity contribution < 1.29 is 9.53 Å². The van der Waals surface area contributed by atoms with Crippen molar-refractivity contribution in [2.45, 2.75) is 44.9 Å². The summed E-state index contributed by atoms with van der Waals surface area (Å²) in [5.74, 6) is 2.64. The Morgan fingerprint density at radius 3 is 2.57 bits per heavy atom. The maximum absolute atomic E-state index is 12.5. The highest BCUT2D eigenvalue weighted by atomic mass is 16.5. The molecule has 2 fully saturated rings. The Kier molecular flexibility index (Phi) is 4.42. The largest absolute Gasteiger partial charge is 0.496 e. The number of allylic oxidation sites excluding steroid dienone is 1. The molecule has 0 aromatic heterocycles. The number of carbonyl (C=O) groups is 1. The Morgan fingerprint density at radius 1 is 1.10 bits per heavy atom. The van der Waals surface area contributed by atoms with Crippen LogP contribution >= 0.6 is 0 Å². The molecule has 0 bridgehead atoms. The highest BCUT2D eigenvalue weighted by Crippen LogP contribution is 2.40. The zero-order chi connectivity index (χ0) is 14.7. The van der Waals surface area contributed by atoms with Crippen LogP contribution in [-0.2, 0) is 4.79 Å². The van der Waals surface area contributed by atoms with Gasteiger partial charge in [-0.15, -0.1) is 0 Å². The molecule has 3 rings (SSSR count). The Morgan fingerprint density at radius 2 is 1.86 bits per heavy atom. The number of methoxy groups -OCH3 is 1. The van der Waals surface area contributed by atoms with E-state index in [1.807, 2.05) is 30.3 Å². The number of Topliss-reactive ketones (excluding diaryl/α,β-unsaturated/α-hetero) is 1. The molecule has 2 aliphatic rings. The fraction of sp³-hybridized carbons (Fsp3) is 0.526. The molecule has 21 heavy (non-hydrogen) atoms. The van der Waals surface area contributed by atoms with Crippen molar-refractivity contribution in [3.8, 4) is 5.75 Å². The van der Waals surface area contributed by atoms with Gasteiger partial charge in [-0.1, -0.05) is 43.9 Å². The first kappa shape index (κ1) is 14.4. The quantitative estimate of drug-likeness (QED) is 0.756. The first-order chi connectivity index (χ1) is 10.3. The summed E-state index contributed by atoms with van der Waals surface area (Å²) < 4.78 is 5.37. The minimum absolute atomic E-state index is 0.351. The first-order valence-electron chi connectivity index (χ1n) is 8.14. The highest BCUT2D eigenvalue weighted by molar-refractivity contribution is 6.00. The van der Waals surface area contributed by atoms with Crippen LogP contribution in [0.3, 0.4) is 0 Å². The highest BCUT2D eigenvalue weighted by Gasteiger charge is 2.31. The smallest absolute Gasteiger partial charge is 0.159 e. The van der Waals surface area contributed by atoms with Crippen molar-refractivity contribution in [1.29, 1.82) is 0 Å². The van der Waals surface area contributed by atoms with Crippen LogP contribution in [-0.4, -0.2) is 12.9 Å². The molecule has 2 heteroatoms. The molecule has 0 N–H and O–H groups in total. The molecule has 0 spiro atoms. The van der Waals surface area contributed by atoms with Crippen LogP contribution in [0.15, 0.2) is 29.8 Å². The molecule has 1 atom stereocenters. The summed E-state index contributed by atoms with van der Waals surface area (Å²) in [6, 6.07) is 7.91. The minimum atomic E-state index is 0.351. The third kappa shape index (κ3) is 3.20. The van der Waals surface area contributed by atoms with Gasteiger partial charge in [0.15, 0.2) is 5.78 Å². The number of hydrogen-bond donors (Lipinski definition) is 0. The summed E-state index contributed by atoms with van der Waals surface area (Å²) in [5, 5.41) is 0. The van der Waals surface area contributed by atoms with Gasteiger partial charge < -0.3 is 4.74 Å². The Labute approximate surface area is 127 Å². The van der Waals surface area contributed by atoms with Crippen LogP contribution < -0.4 is 4.74 Å². The average Bonchev–Trinajstić information content (AvgIpc) is 3.04. The summed E-state index contributed by atoms with van der Waals surface area (Å²) in [7, 11) is 1.68. The van der Waals surface area contributed by atoms with E-state index in [9.17, 15) is 4.79 Å². The van der Waals surface area contributed by atoms with E-state index in [0.717, 1.165) is 35.6 Å². The molecule has 112 valence electrons. The molecule has 0 radical (unpaired) electrons. The number of para-hydroxylation sites is 1. The van der Waals surface area contributed by atoms with Crippen LogP contribution in [0.1, 0.15) is 50.5 Å². The lowest BCUT2D eigenvalue weighted by molar-refractivity contribution is -0.118. The third-order valence-corrected chi connectivity index (χ3v) is 5.13. The maximum Gasteiger partial charge on any atom is 0.159 e. The van der Waals surface area contributed by atoms with E-state index in [0.29, 0.717) is 11.7 Å². The van der Waals surface area contributed by atoms with Gasteiger partial charge in [-0.3, -0.25) is 4.79 Å². The van der Waals surface area contributed by atoms with Gasteiger partial charge >= 0.3 is 0 Å². The van der Waals surface area contributed by atoms with Gasteiger partial charge in [-0.05, 0) is 42.4 Å². The van der Waals surface area contributed by atoms with Crippen molar-refractivity contribution in [3.63, 3.8) is 0 Å². The van der Waals surface area contributed by atoms with Crippen molar-refractivity contribution in [2.24, 2.45) is 11.8 Å². The van der Waals surface area contributed by atoms with Crippen molar-refractivity contribution >= 4 is 11.9 Å². The van der Waals surface area contributed by atoms with Crippen molar-refractivity contribution in [1.82, 2.24) is 0 Å². The van der Waals surface area contributed by atoms with Crippen molar-refractivity contribution in [3.05, 3.63) is 35.4 Å². The minimum Gasteiger partial charge on any atom is -0.496 e. The van der Waals surface area contributed by atoms with Gasteiger partial charge in [0, 0.05) is 12.0 Å². The van der Waals surface area contributed by atoms with E-state index in [2.05, 4.69) is 0 Å². The summed E-state index contributed by atoms with van der Waals surface area (Å²) >= 11 is 0. The molecular weight excluding hydrogens is 260 g/mol. The van der Waals surface area contributed by atoms with E-state index in [4.69, 9.17) is 4.74 Å². The molecule has 1 aromatic carbocycles. The topological polar surface area (TPSA) is 26.3 Å². The van der Waals surface area contributed by atoms with Crippen molar-refractivity contribution in [2.75, 3.05) is 7.11 Å². The van der Waals surface area contributed by atoms with Gasteiger partial charge in [0.1, 0.15) is 5.75 Å². The van der Waals surface area contributed by atoms with Crippen LogP contribution in [0.4, 0.5) is 0 Å². The molecule has 1 unspecified atom stereocenters. The molecule has 0 aliphatic heterocycles. The van der Waals surface area contributed by atoms with Gasteiger partial charge in [0.25, 0.3) is 0 Å². The Bertz CT molecular complexity index is 538. The normalized spacial score (nSPS) is 25.5. The molecule has 0 amide bonds. The van der Waals surface area contributed by atoms with Crippen LogP contribution in [0.2, 0.25) is 0 Å². The Hall–Kier alpha value is -1.57. The zero-order valence-electron chi connectivity index (χ0n) is 12.8. The standard InChI is InChI=1S/C19H24O2/c1-21-19-9-5-4-8-17(19)12-16-11-10-15(13-18(16)20)14-6-2-3-7-14/h4-5,8-9,12,14-15H,2-3,6-7,10-11,13H2,1H3. The van der Waals surface area contributed by atoms with Crippen LogP contribution in [0.5, 0.6) is 5.75 Å². The second kappa shape index (κ2) is 6.46. The fourth-order valence-electron chi connectivity index (χ4n) is 3.91. The van der Waals surface area contributed by atoms with E-state index in [-0.39, 0.29) is 0 Å². The lowest BCUT2D eigenvalue weighted by Gasteiger charge is -2.28. The summed E-state index contributed by atoms with van der Waals surface area (Å²) in [4.78, 5) is 12.5. The van der Waals surface area contributed by atoms with Gasteiger partial charge in [-0.25, -0.2) is 0 Å². The number of benzene rings is 1. The second-order valence-corrected chi connectivity index (χ2v) is 6.38. The van der Waals surface area contributed by atoms with Gasteiger partial charge in [0.2, 0.25) is 0 Å². The third-order valence-electron chi connectivity index (χ3n) is 5.13. The van der Waals surface area contributed by atoms with E-state index in [1.54, 1.807) is 7.11 Å². The maximum atomic E-state index is 12.5. The summed E-state index contributed by atoms with van der Waals surface area (Å²) in [6.07, 6.45) is 10.3. The predicted octanol–water partition coefficient (Wildman–Crippen LogP) is 4.64. The summed E-state index contributed by atoms with van der Waals surface area (Å²) in [5.41, 5.74) is 2.00. The lowest BCUT2D eigenvalue weighted by atomic mass is 9.76. The molecule has 0 saturated heterocycles. The summed E-state index contributed by atoms with van der Waals surface area (Å²) in [6.45, 7) is 0. The number of hydrogen-bond acceptors (Lipinski definition) is 2. The molecule has 2 nitrogen and oxygen atoms in total.